The number of nitrogens with zero attached hydrogens (tertiary/aromatic N) is 2. The van der Waals surface area contributed by atoms with Crippen molar-refractivity contribution in [1.82, 2.24) is 9.80 Å². The third-order valence-electron chi connectivity index (χ3n) is 3.35. The van der Waals surface area contributed by atoms with Gasteiger partial charge in [-0.1, -0.05) is 0 Å². The lowest BCUT2D eigenvalue weighted by molar-refractivity contribution is -0.135. The number of piperidine rings is 1. The minimum atomic E-state index is 0.152. The lowest BCUT2D eigenvalue weighted by Crippen LogP contribution is -2.44. The normalized spacial score (nSPS) is 23.5. The summed E-state index contributed by atoms with van der Waals surface area (Å²) in [5.74, 6) is 0.427. The molecule has 0 N–H and O–H groups in total. The molecule has 0 radical (unpaired) electrons. The van der Waals surface area contributed by atoms with Gasteiger partial charge in [0, 0.05) is 45.6 Å². The fourth-order valence-electron chi connectivity index (χ4n) is 2.25. The van der Waals surface area contributed by atoms with Crippen LogP contribution in [-0.2, 0) is 14.3 Å². The van der Waals surface area contributed by atoms with Crippen LogP contribution in [0.3, 0.4) is 0 Å². The minimum absolute atomic E-state index is 0.152. The third-order valence-corrected chi connectivity index (χ3v) is 3.35. The van der Waals surface area contributed by atoms with Crippen LogP contribution in [0, 0.1) is 0 Å². The van der Waals surface area contributed by atoms with Gasteiger partial charge in [0.05, 0.1) is 13.2 Å². The van der Waals surface area contributed by atoms with Crippen LogP contribution in [-0.4, -0.2) is 67.4 Å². The molecule has 17 heavy (non-hydrogen) atoms. The van der Waals surface area contributed by atoms with E-state index < -0.39 is 0 Å². The number of ketones is 1. The smallest absolute Gasteiger partial charge is 0.236 e. The van der Waals surface area contributed by atoms with Gasteiger partial charge < -0.3 is 9.64 Å². The maximum atomic E-state index is 12.0. The zero-order chi connectivity index (χ0) is 12.1. The first-order valence-electron chi connectivity index (χ1n) is 6.35. The number of hydrogen-bond acceptors (Lipinski definition) is 4. The molecule has 0 aliphatic carbocycles. The summed E-state index contributed by atoms with van der Waals surface area (Å²) in [6, 6.07) is 0. The number of amides is 1. The summed E-state index contributed by atoms with van der Waals surface area (Å²) in [5.41, 5.74) is 0. The first-order valence-corrected chi connectivity index (χ1v) is 6.35. The summed E-state index contributed by atoms with van der Waals surface area (Å²) in [7, 11) is 0. The molecule has 0 atom stereocenters. The van der Waals surface area contributed by atoms with Gasteiger partial charge in [0.25, 0.3) is 0 Å². The Kier molecular flexibility index (Phi) is 4.50. The van der Waals surface area contributed by atoms with E-state index in [4.69, 9.17) is 4.74 Å². The molecule has 0 spiro atoms. The van der Waals surface area contributed by atoms with Gasteiger partial charge in [0.2, 0.25) is 5.91 Å². The van der Waals surface area contributed by atoms with Gasteiger partial charge >= 0.3 is 0 Å². The topological polar surface area (TPSA) is 49.9 Å². The van der Waals surface area contributed by atoms with E-state index in [-0.39, 0.29) is 11.7 Å². The highest BCUT2D eigenvalue weighted by Gasteiger charge is 2.22. The molecule has 0 aromatic heterocycles. The molecule has 96 valence electrons. The summed E-state index contributed by atoms with van der Waals surface area (Å²) >= 11 is 0. The number of hydrogen-bond donors (Lipinski definition) is 0. The van der Waals surface area contributed by atoms with Crippen LogP contribution in [0.2, 0.25) is 0 Å². The molecule has 0 unspecified atom stereocenters. The van der Waals surface area contributed by atoms with E-state index in [2.05, 4.69) is 4.90 Å². The first kappa shape index (κ1) is 12.5. The quantitative estimate of drug-likeness (QED) is 0.676. The highest BCUT2D eigenvalue weighted by molar-refractivity contribution is 5.84. The molecule has 2 aliphatic rings. The second kappa shape index (κ2) is 6.12. The molecule has 0 aromatic rings. The standard InChI is InChI=1S/C12H20N2O3/c15-11-2-5-14(6-3-11)12(16)10-13-4-1-8-17-9-7-13/h1-10H2. The van der Waals surface area contributed by atoms with Crippen molar-refractivity contribution in [2.45, 2.75) is 19.3 Å². The number of carbonyl (C=O) groups is 2. The fourth-order valence-corrected chi connectivity index (χ4v) is 2.25. The molecule has 2 rings (SSSR count). The Morgan fingerprint density at radius 2 is 1.88 bits per heavy atom. The van der Waals surface area contributed by atoms with Crippen LogP contribution in [0.4, 0.5) is 0 Å². The van der Waals surface area contributed by atoms with Crippen LogP contribution in [0.5, 0.6) is 0 Å². The minimum Gasteiger partial charge on any atom is -0.380 e. The Morgan fingerprint density at radius 1 is 1.12 bits per heavy atom. The number of rotatable bonds is 2. The summed E-state index contributed by atoms with van der Waals surface area (Å²) in [6.07, 6.45) is 2.04. The van der Waals surface area contributed by atoms with E-state index in [1.165, 1.54) is 0 Å². The highest BCUT2D eigenvalue weighted by Crippen LogP contribution is 2.07. The van der Waals surface area contributed by atoms with Gasteiger partial charge in [0.1, 0.15) is 5.78 Å². The van der Waals surface area contributed by atoms with Crippen molar-refractivity contribution >= 4 is 11.7 Å². The average Bonchev–Trinajstić information content (AvgIpc) is 2.58. The van der Waals surface area contributed by atoms with Crippen molar-refractivity contribution in [2.75, 3.05) is 45.9 Å². The van der Waals surface area contributed by atoms with Gasteiger partial charge in [-0.25, -0.2) is 0 Å². The van der Waals surface area contributed by atoms with E-state index in [1.807, 2.05) is 4.90 Å². The van der Waals surface area contributed by atoms with Gasteiger partial charge in [-0.3, -0.25) is 14.5 Å². The maximum absolute atomic E-state index is 12.0. The number of Topliss-reactive ketones (excluding diaryl/α,β-unsaturated/α-hetero) is 1. The largest absolute Gasteiger partial charge is 0.380 e. The van der Waals surface area contributed by atoms with Crippen molar-refractivity contribution in [3.05, 3.63) is 0 Å². The summed E-state index contributed by atoms with van der Waals surface area (Å²) < 4.78 is 5.35. The Balaban J connectivity index is 1.77. The van der Waals surface area contributed by atoms with E-state index in [1.54, 1.807) is 0 Å². The Hall–Kier alpha value is -0.940. The predicted molar refractivity (Wildman–Crippen MR) is 62.7 cm³/mol. The van der Waals surface area contributed by atoms with Crippen molar-refractivity contribution < 1.29 is 14.3 Å². The zero-order valence-corrected chi connectivity index (χ0v) is 10.2. The van der Waals surface area contributed by atoms with E-state index in [0.717, 1.165) is 26.1 Å². The summed E-state index contributed by atoms with van der Waals surface area (Å²) in [4.78, 5) is 27.1. The lowest BCUT2D eigenvalue weighted by Gasteiger charge is -2.28. The average molecular weight is 240 g/mol. The number of ether oxygens (including phenoxy) is 1. The Morgan fingerprint density at radius 3 is 2.65 bits per heavy atom. The third kappa shape index (κ3) is 3.78. The van der Waals surface area contributed by atoms with Gasteiger partial charge in [-0.15, -0.1) is 0 Å². The van der Waals surface area contributed by atoms with Crippen molar-refractivity contribution in [3.63, 3.8) is 0 Å². The summed E-state index contributed by atoms with van der Waals surface area (Å²) in [5, 5.41) is 0. The lowest BCUT2D eigenvalue weighted by atomic mass is 10.1. The van der Waals surface area contributed by atoms with Crippen molar-refractivity contribution in [3.8, 4) is 0 Å². The van der Waals surface area contributed by atoms with Crippen LogP contribution in [0.25, 0.3) is 0 Å². The zero-order valence-electron chi connectivity index (χ0n) is 10.2. The second-order valence-corrected chi connectivity index (χ2v) is 4.66. The highest BCUT2D eigenvalue weighted by atomic mass is 16.5. The number of carbonyl (C=O) groups excluding carboxylic acids is 2. The molecule has 1 amide bonds. The molecule has 2 aliphatic heterocycles. The first-order chi connectivity index (χ1) is 8.25. The van der Waals surface area contributed by atoms with Crippen LogP contribution < -0.4 is 0 Å². The Labute approximate surface area is 102 Å². The molecule has 0 bridgehead atoms. The van der Waals surface area contributed by atoms with Gasteiger partial charge in [-0.05, 0) is 6.42 Å². The van der Waals surface area contributed by atoms with Crippen LogP contribution >= 0.6 is 0 Å². The molecule has 0 aromatic carbocycles. The molecular weight excluding hydrogens is 220 g/mol. The van der Waals surface area contributed by atoms with E-state index >= 15 is 0 Å². The van der Waals surface area contributed by atoms with Gasteiger partial charge in [0.15, 0.2) is 0 Å². The molecule has 2 heterocycles. The SMILES string of the molecule is O=C1CCN(C(=O)CN2CCCOCC2)CC1. The molecular formula is C12H20N2O3. The number of likely N-dealkylation sites (tertiary alicyclic amines) is 1. The van der Waals surface area contributed by atoms with Crippen LogP contribution in [0.15, 0.2) is 0 Å². The molecule has 5 nitrogen and oxygen atoms in total. The molecule has 5 heteroatoms. The molecule has 2 saturated heterocycles. The van der Waals surface area contributed by atoms with Crippen molar-refractivity contribution in [1.29, 1.82) is 0 Å². The molecule has 2 fully saturated rings. The Bertz CT molecular complexity index is 275. The monoisotopic (exact) mass is 240 g/mol. The summed E-state index contributed by atoms with van der Waals surface area (Å²) in [6.45, 7) is 4.94. The van der Waals surface area contributed by atoms with Crippen LogP contribution in [0.1, 0.15) is 19.3 Å². The van der Waals surface area contributed by atoms with E-state index in [0.29, 0.717) is 39.1 Å². The predicted octanol–water partition coefficient (Wildman–Crippen LogP) is -0.0998. The van der Waals surface area contributed by atoms with E-state index in [9.17, 15) is 9.59 Å². The van der Waals surface area contributed by atoms with Crippen molar-refractivity contribution in [2.24, 2.45) is 0 Å². The van der Waals surface area contributed by atoms with Gasteiger partial charge in [-0.2, -0.15) is 0 Å². The maximum Gasteiger partial charge on any atom is 0.236 e. The second-order valence-electron chi connectivity index (χ2n) is 4.66. The molecule has 0 saturated carbocycles. The fraction of sp³-hybridized carbons (Fsp3) is 0.833.